The third-order valence-electron chi connectivity index (χ3n) is 5.00. The first-order valence-corrected chi connectivity index (χ1v) is 10.2. The highest BCUT2D eigenvalue weighted by Crippen LogP contribution is 2.21. The maximum absolute atomic E-state index is 12.7. The van der Waals surface area contributed by atoms with Crippen molar-refractivity contribution in [1.29, 1.82) is 0 Å². The van der Waals surface area contributed by atoms with Crippen LogP contribution in [0.3, 0.4) is 0 Å². The van der Waals surface area contributed by atoms with E-state index in [4.69, 9.17) is 4.74 Å². The molecular formula is C25H26N2O4. The van der Waals surface area contributed by atoms with E-state index in [0.717, 1.165) is 17.1 Å². The lowest BCUT2D eigenvalue weighted by atomic mass is 10.1. The smallest absolute Gasteiger partial charge is 0.308 e. The van der Waals surface area contributed by atoms with Gasteiger partial charge in [-0.3, -0.25) is 14.4 Å². The predicted molar refractivity (Wildman–Crippen MR) is 119 cm³/mol. The van der Waals surface area contributed by atoms with Crippen LogP contribution in [0.25, 0.3) is 5.69 Å². The Balaban J connectivity index is 1.55. The van der Waals surface area contributed by atoms with Gasteiger partial charge in [0.15, 0.2) is 6.61 Å². The highest BCUT2D eigenvalue weighted by molar-refractivity contribution is 5.99. The van der Waals surface area contributed by atoms with Crippen LogP contribution in [-0.4, -0.2) is 34.9 Å². The second-order valence-electron chi connectivity index (χ2n) is 7.48. The molecule has 1 amide bonds. The summed E-state index contributed by atoms with van der Waals surface area (Å²) >= 11 is 0. The summed E-state index contributed by atoms with van der Waals surface area (Å²) in [7, 11) is 0. The third kappa shape index (κ3) is 5.48. The summed E-state index contributed by atoms with van der Waals surface area (Å²) in [6.07, 6.45) is -0.0190. The average molecular weight is 418 g/mol. The Labute approximate surface area is 181 Å². The van der Waals surface area contributed by atoms with Gasteiger partial charge >= 0.3 is 5.97 Å². The molecule has 3 aromatic rings. The summed E-state index contributed by atoms with van der Waals surface area (Å²) in [6, 6.07) is 19.9. The van der Waals surface area contributed by atoms with Gasteiger partial charge in [-0.2, -0.15) is 0 Å². The van der Waals surface area contributed by atoms with E-state index in [1.807, 2.05) is 54.8 Å². The van der Waals surface area contributed by atoms with E-state index in [2.05, 4.69) is 5.32 Å². The second-order valence-corrected chi connectivity index (χ2v) is 7.48. The zero-order chi connectivity index (χ0) is 22.4. The number of benzene rings is 2. The van der Waals surface area contributed by atoms with Crippen molar-refractivity contribution in [2.75, 3.05) is 6.61 Å². The molecule has 0 aliphatic rings. The number of aryl methyl sites for hydroxylation is 1. The zero-order valence-electron chi connectivity index (χ0n) is 17.9. The molecule has 160 valence electrons. The van der Waals surface area contributed by atoms with E-state index in [9.17, 15) is 14.4 Å². The normalized spacial score (nSPS) is 11.6. The van der Waals surface area contributed by atoms with E-state index in [1.54, 1.807) is 37.3 Å². The van der Waals surface area contributed by atoms with Crippen LogP contribution in [0.2, 0.25) is 0 Å². The first kappa shape index (κ1) is 22.0. The van der Waals surface area contributed by atoms with Crippen LogP contribution in [-0.2, 0) is 9.53 Å². The van der Waals surface area contributed by atoms with Crippen molar-refractivity contribution in [3.05, 3.63) is 89.2 Å². The van der Waals surface area contributed by atoms with Gasteiger partial charge in [0.2, 0.25) is 5.78 Å². The molecule has 0 saturated heterocycles. The fourth-order valence-corrected chi connectivity index (χ4v) is 3.50. The summed E-state index contributed by atoms with van der Waals surface area (Å²) in [6.45, 7) is 5.19. The standard InChI is InChI=1S/C25H26N2O4/c1-17(26-25(30)20-10-6-4-7-11-20)14-24(29)31-16-23(28)22-15-18(2)27(19(22)3)21-12-8-5-9-13-21/h4-13,15,17H,14,16H2,1-3H3,(H,26,30). The van der Waals surface area contributed by atoms with Crippen molar-refractivity contribution in [3.8, 4) is 5.69 Å². The molecule has 2 aromatic carbocycles. The van der Waals surface area contributed by atoms with Crippen molar-refractivity contribution in [3.63, 3.8) is 0 Å². The topological polar surface area (TPSA) is 77.4 Å². The van der Waals surface area contributed by atoms with E-state index >= 15 is 0 Å². The zero-order valence-corrected chi connectivity index (χ0v) is 17.9. The Morgan fingerprint density at radius 2 is 1.58 bits per heavy atom. The number of nitrogens with zero attached hydrogens (tertiary/aromatic N) is 1. The summed E-state index contributed by atoms with van der Waals surface area (Å²) in [5.41, 5.74) is 3.74. The summed E-state index contributed by atoms with van der Waals surface area (Å²) in [5, 5.41) is 2.76. The van der Waals surface area contributed by atoms with Crippen molar-refractivity contribution >= 4 is 17.7 Å². The van der Waals surface area contributed by atoms with Gasteiger partial charge in [-0.15, -0.1) is 0 Å². The first-order valence-electron chi connectivity index (χ1n) is 10.2. The summed E-state index contributed by atoms with van der Waals surface area (Å²) in [5.74, 6) is -1.05. The summed E-state index contributed by atoms with van der Waals surface area (Å²) < 4.78 is 7.17. The van der Waals surface area contributed by atoms with Crippen LogP contribution in [0, 0.1) is 13.8 Å². The first-order chi connectivity index (χ1) is 14.9. The Hall–Kier alpha value is -3.67. The Bertz CT molecular complexity index is 1070. The lowest BCUT2D eigenvalue weighted by Crippen LogP contribution is -2.34. The Kier molecular flexibility index (Phi) is 7.03. The second kappa shape index (κ2) is 9.89. The minimum Gasteiger partial charge on any atom is -0.457 e. The van der Waals surface area contributed by atoms with E-state index in [1.165, 1.54) is 0 Å². The highest BCUT2D eigenvalue weighted by Gasteiger charge is 2.19. The minimum absolute atomic E-state index is 0.0190. The molecule has 1 aromatic heterocycles. The molecule has 31 heavy (non-hydrogen) atoms. The van der Waals surface area contributed by atoms with Gasteiger partial charge in [-0.05, 0) is 51.1 Å². The molecule has 0 radical (unpaired) electrons. The molecule has 1 unspecified atom stereocenters. The number of para-hydroxylation sites is 1. The number of aromatic nitrogens is 1. The van der Waals surface area contributed by atoms with Crippen molar-refractivity contribution in [2.45, 2.75) is 33.2 Å². The van der Waals surface area contributed by atoms with Crippen molar-refractivity contribution in [1.82, 2.24) is 9.88 Å². The molecule has 1 atom stereocenters. The molecule has 0 saturated carbocycles. The number of amides is 1. The number of esters is 1. The van der Waals surface area contributed by atoms with Crippen LogP contribution in [0.15, 0.2) is 66.7 Å². The van der Waals surface area contributed by atoms with Crippen LogP contribution in [0.4, 0.5) is 0 Å². The van der Waals surface area contributed by atoms with Crippen LogP contribution in [0.1, 0.15) is 45.4 Å². The molecule has 0 bridgehead atoms. The Morgan fingerprint density at radius 3 is 2.23 bits per heavy atom. The maximum Gasteiger partial charge on any atom is 0.308 e. The molecule has 1 heterocycles. The molecule has 6 nitrogen and oxygen atoms in total. The fourth-order valence-electron chi connectivity index (χ4n) is 3.50. The van der Waals surface area contributed by atoms with Gasteiger partial charge in [0.1, 0.15) is 0 Å². The number of hydrogen-bond donors (Lipinski definition) is 1. The highest BCUT2D eigenvalue weighted by atomic mass is 16.5. The van der Waals surface area contributed by atoms with E-state index in [0.29, 0.717) is 11.1 Å². The van der Waals surface area contributed by atoms with Gasteiger partial charge in [0.25, 0.3) is 5.91 Å². The molecule has 6 heteroatoms. The van der Waals surface area contributed by atoms with Crippen molar-refractivity contribution in [2.24, 2.45) is 0 Å². The quantitative estimate of drug-likeness (QED) is 0.443. The number of carbonyl (C=O) groups excluding carboxylic acids is 3. The molecule has 0 fully saturated rings. The third-order valence-corrected chi connectivity index (χ3v) is 5.00. The lowest BCUT2D eigenvalue weighted by molar-refractivity contribution is -0.142. The fraction of sp³-hybridized carbons (Fsp3) is 0.240. The van der Waals surface area contributed by atoms with Gasteiger partial charge in [0, 0.05) is 34.2 Å². The number of hydrogen-bond acceptors (Lipinski definition) is 4. The molecule has 1 N–H and O–H groups in total. The number of ether oxygens (including phenoxy) is 1. The predicted octanol–water partition coefficient (Wildman–Crippen LogP) is 4.03. The molecule has 0 spiro atoms. The number of nitrogens with one attached hydrogen (secondary N) is 1. The number of rotatable bonds is 8. The molecule has 0 aliphatic carbocycles. The van der Waals surface area contributed by atoms with E-state index < -0.39 is 12.0 Å². The number of ketones is 1. The van der Waals surface area contributed by atoms with E-state index in [-0.39, 0.29) is 24.7 Å². The van der Waals surface area contributed by atoms with Crippen molar-refractivity contribution < 1.29 is 19.1 Å². The van der Waals surface area contributed by atoms with Crippen LogP contribution in [0.5, 0.6) is 0 Å². The monoisotopic (exact) mass is 418 g/mol. The molecule has 0 aliphatic heterocycles. The van der Waals surface area contributed by atoms with Gasteiger partial charge in [-0.25, -0.2) is 0 Å². The molecular weight excluding hydrogens is 392 g/mol. The number of carbonyl (C=O) groups is 3. The molecule has 3 rings (SSSR count). The SMILES string of the molecule is Cc1cc(C(=O)COC(=O)CC(C)NC(=O)c2ccccc2)c(C)n1-c1ccccc1. The van der Waals surface area contributed by atoms with Gasteiger partial charge < -0.3 is 14.6 Å². The van der Waals surface area contributed by atoms with Gasteiger partial charge in [0.05, 0.1) is 6.42 Å². The maximum atomic E-state index is 12.7. The largest absolute Gasteiger partial charge is 0.457 e. The minimum atomic E-state index is -0.536. The van der Waals surface area contributed by atoms with Gasteiger partial charge in [-0.1, -0.05) is 36.4 Å². The Morgan fingerprint density at radius 1 is 0.968 bits per heavy atom. The average Bonchev–Trinajstić information content (AvgIpc) is 3.07. The summed E-state index contributed by atoms with van der Waals surface area (Å²) in [4.78, 5) is 37.0. The number of Topliss-reactive ketones (excluding diaryl/α,β-unsaturated/α-hetero) is 1. The van der Waals surface area contributed by atoms with Crippen LogP contribution < -0.4 is 5.32 Å². The lowest BCUT2D eigenvalue weighted by Gasteiger charge is -2.13. The van der Waals surface area contributed by atoms with Crippen LogP contribution >= 0.6 is 0 Å².